The second kappa shape index (κ2) is 6.40. The molecule has 98 valence electrons. The van der Waals surface area contributed by atoms with Crippen molar-refractivity contribution >= 4 is 6.03 Å². The number of amides is 2. The first-order chi connectivity index (χ1) is 8.81. The molecule has 4 nitrogen and oxygen atoms in total. The van der Waals surface area contributed by atoms with Crippen LogP contribution in [0.15, 0.2) is 30.3 Å². The van der Waals surface area contributed by atoms with Crippen LogP contribution >= 0.6 is 0 Å². The van der Waals surface area contributed by atoms with Crippen molar-refractivity contribution in [3.63, 3.8) is 0 Å². The van der Waals surface area contributed by atoms with Gasteiger partial charge in [-0.15, -0.1) is 0 Å². The lowest BCUT2D eigenvalue weighted by Gasteiger charge is -2.37. The molecule has 0 radical (unpaired) electrons. The Balaban J connectivity index is 1.85. The first-order valence-corrected chi connectivity index (χ1v) is 6.50. The lowest BCUT2D eigenvalue weighted by molar-refractivity contribution is 0.118. The van der Waals surface area contributed by atoms with E-state index in [1.165, 1.54) is 6.42 Å². The fourth-order valence-electron chi connectivity index (χ4n) is 2.13. The third kappa shape index (κ3) is 3.23. The number of carbonyl (C=O) groups is 1. The van der Waals surface area contributed by atoms with Crippen LogP contribution in [-0.2, 0) is 6.54 Å². The van der Waals surface area contributed by atoms with Gasteiger partial charge in [0.2, 0.25) is 0 Å². The van der Waals surface area contributed by atoms with Crippen LogP contribution in [0, 0.1) is 0 Å². The van der Waals surface area contributed by atoms with E-state index in [1.54, 1.807) is 4.90 Å². The summed E-state index contributed by atoms with van der Waals surface area (Å²) in [6.07, 6.45) is 3.29. The van der Waals surface area contributed by atoms with Crippen molar-refractivity contribution in [1.82, 2.24) is 10.2 Å². The summed E-state index contributed by atoms with van der Waals surface area (Å²) >= 11 is 0. The van der Waals surface area contributed by atoms with Crippen LogP contribution in [0.5, 0.6) is 0 Å². The zero-order chi connectivity index (χ0) is 12.8. The number of nitrogens with zero attached hydrogens (tertiary/aromatic N) is 1. The fourth-order valence-corrected chi connectivity index (χ4v) is 2.13. The molecule has 0 aromatic heterocycles. The van der Waals surface area contributed by atoms with E-state index in [0.717, 1.165) is 18.4 Å². The summed E-state index contributed by atoms with van der Waals surface area (Å²) < 4.78 is 0. The Labute approximate surface area is 108 Å². The number of aliphatic hydroxyl groups excluding tert-OH is 1. The van der Waals surface area contributed by atoms with Crippen molar-refractivity contribution in [3.8, 4) is 0 Å². The predicted molar refractivity (Wildman–Crippen MR) is 70.1 cm³/mol. The third-order valence-corrected chi connectivity index (χ3v) is 3.40. The van der Waals surface area contributed by atoms with Gasteiger partial charge in [-0.05, 0) is 24.8 Å². The summed E-state index contributed by atoms with van der Waals surface area (Å²) in [5.74, 6) is 0. The Kier molecular flexibility index (Phi) is 4.59. The summed E-state index contributed by atoms with van der Waals surface area (Å²) in [6.45, 7) is 0.981. The highest BCUT2D eigenvalue weighted by Crippen LogP contribution is 2.24. The number of nitrogens with one attached hydrogen (secondary N) is 1. The molecule has 0 heterocycles. The zero-order valence-corrected chi connectivity index (χ0v) is 10.5. The van der Waals surface area contributed by atoms with Crippen molar-refractivity contribution < 1.29 is 9.90 Å². The molecule has 18 heavy (non-hydrogen) atoms. The van der Waals surface area contributed by atoms with Crippen LogP contribution < -0.4 is 5.32 Å². The lowest BCUT2D eigenvalue weighted by atomic mass is 9.92. The van der Waals surface area contributed by atoms with Gasteiger partial charge >= 0.3 is 6.03 Å². The van der Waals surface area contributed by atoms with Gasteiger partial charge in [0, 0.05) is 19.1 Å². The molecular weight excluding hydrogens is 228 g/mol. The molecular formula is C14H20N2O2. The quantitative estimate of drug-likeness (QED) is 0.834. The molecule has 0 atom stereocenters. The van der Waals surface area contributed by atoms with Crippen LogP contribution in [0.25, 0.3) is 0 Å². The van der Waals surface area contributed by atoms with Crippen molar-refractivity contribution in [3.05, 3.63) is 35.9 Å². The maximum Gasteiger partial charge on any atom is 0.317 e. The Morgan fingerprint density at radius 2 is 2.06 bits per heavy atom. The number of rotatable bonds is 5. The molecule has 1 aliphatic carbocycles. The number of carbonyl (C=O) groups excluding carboxylic acids is 1. The number of aliphatic hydroxyl groups is 1. The van der Waals surface area contributed by atoms with Gasteiger partial charge in [-0.2, -0.15) is 0 Å². The topological polar surface area (TPSA) is 52.6 Å². The minimum absolute atomic E-state index is 0.0231. The van der Waals surface area contributed by atoms with E-state index >= 15 is 0 Å². The smallest absolute Gasteiger partial charge is 0.317 e. The van der Waals surface area contributed by atoms with Crippen LogP contribution in [0.2, 0.25) is 0 Å². The molecule has 1 aromatic rings. The van der Waals surface area contributed by atoms with Gasteiger partial charge in [-0.25, -0.2) is 4.79 Å². The number of urea groups is 1. The Hall–Kier alpha value is -1.55. The SMILES string of the molecule is O=C(NCc1ccccc1)N(CCO)C1CCC1. The van der Waals surface area contributed by atoms with E-state index in [9.17, 15) is 4.79 Å². The van der Waals surface area contributed by atoms with Crippen LogP contribution in [-0.4, -0.2) is 35.2 Å². The molecule has 0 saturated heterocycles. The number of hydrogen-bond donors (Lipinski definition) is 2. The normalized spacial score (nSPS) is 14.9. The van der Waals surface area contributed by atoms with E-state index in [1.807, 2.05) is 30.3 Å². The Bertz CT molecular complexity index is 377. The van der Waals surface area contributed by atoms with E-state index in [-0.39, 0.29) is 12.6 Å². The largest absolute Gasteiger partial charge is 0.395 e. The molecule has 4 heteroatoms. The van der Waals surface area contributed by atoms with Crippen molar-refractivity contribution in [2.45, 2.75) is 31.8 Å². The minimum atomic E-state index is -0.0717. The summed E-state index contributed by atoms with van der Waals surface area (Å²) in [6, 6.07) is 10.1. The van der Waals surface area contributed by atoms with Crippen LogP contribution in [0.1, 0.15) is 24.8 Å². The maximum atomic E-state index is 12.0. The molecule has 0 spiro atoms. The highest BCUT2D eigenvalue weighted by molar-refractivity contribution is 5.74. The van der Waals surface area contributed by atoms with Gasteiger partial charge in [0.25, 0.3) is 0 Å². The van der Waals surface area contributed by atoms with Gasteiger partial charge in [0.1, 0.15) is 0 Å². The average Bonchev–Trinajstić information content (AvgIpc) is 2.34. The van der Waals surface area contributed by atoms with Gasteiger partial charge in [0.05, 0.1) is 6.61 Å². The summed E-state index contributed by atoms with van der Waals surface area (Å²) in [5, 5.41) is 11.9. The highest BCUT2D eigenvalue weighted by atomic mass is 16.3. The molecule has 1 fully saturated rings. The predicted octanol–water partition coefficient (Wildman–Crippen LogP) is 1.74. The summed E-state index contributed by atoms with van der Waals surface area (Å²) in [4.78, 5) is 13.8. The molecule has 1 saturated carbocycles. The second-order valence-electron chi connectivity index (χ2n) is 4.65. The minimum Gasteiger partial charge on any atom is -0.395 e. The Morgan fingerprint density at radius 3 is 2.61 bits per heavy atom. The molecule has 2 amide bonds. The second-order valence-corrected chi connectivity index (χ2v) is 4.65. The van der Waals surface area contributed by atoms with Gasteiger partial charge in [-0.3, -0.25) is 0 Å². The molecule has 0 unspecified atom stereocenters. The lowest BCUT2D eigenvalue weighted by Crippen LogP contribution is -2.49. The van der Waals surface area contributed by atoms with Crippen molar-refractivity contribution in [2.75, 3.05) is 13.2 Å². The fraction of sp³-hybridized carbons (Fsp3) is 0.500. The molecule has 1 aliphatic rings. The monoisotopic (exact) mass is 248 g/mol. The van der Waals surface area contributed by atoms with Gasteiger partial charge in [-0.1, -0.05) is 30.3 Å². The van der Waals surface area contributed by atoms with E-state index in [2.05, 4.69) is 5.32 Å². The first kappa shape index (κ1) is 12.9. The Morgan fingerprint density at radius 1 is 1.33 bits per heavy atom. The first-order valence-electron chi connectivity index (χ1n) is 6.50. The van der Waals surface area contributed by atoms with Crippen LogP contribution in [0.3, 0.4) is 0 Å². The van der Waals surface area contributed by atoms with Crippen molar-refractivity contribution in [2.24, 2.45) is 0 Å². The van der Waals surface area contributed by atoms with E-state index in [4.69, 9.17) is 5.11 Å². The van der Waals surface area contributed by atoms with Gasteiger partial charge in [0.15, 0.2) is 0 Å². The highest BCUT2D eigenvalue weighted by Gasteiger charge is 2.27. The third-order valence-electron chi connectivity index (χ3n) is 3.40. The van der Waals surface area contributed by atoms with E-state index < -0.39 is 0 Å². The number of hydrogen-bond acceptors (Lipinski definition) is 2. The maximum absolute atomic E-state index is 12.0. The van der Waals surface area contributed by atoms with Gasteiger partial charge < -0.3 is 15.3 Å². The molecule has 0 bridgehead atoms. The standard InChI is InChI=1S/C14H20N2O2/c17-10-9-16(13-7-4-8-13)14(18)15-11-12-5-2-1-3-6-12/h1-3,5-6,13,17H,4,7-11H2,(H,15,18). The average molecular weight is 248 g/mol. The molecule has 2 rings (SSSR count). The zero-order valence-electron chi connectivity index (χ0n) is 10.5. The van der Waals surface area contributed by atoms with E-state index in [0.29, 0.717) is 19.1 Å². The molecule has 1 aromatic carbocycles. The van der Waals surface area contributed by atoms with Crippen LogP contribution in [0.4, 0.5) is 4.79 Å². The molecule has 0 aliphatic heterocycles. The van der Waals surface area contributed by atoms with Crippen molar-refractivity contribution in [1.29, 1.82) is 0 Å². The summed E-state index contributed by atoms with van der Waals surface area (Å²) in [7, 11) is 0. The molecule has 2 N–H and O–H groups in total. The summed E-state index contributed by atoms with van der Waals surface area (Å²) in [5.41, 5.74) is 1.09. The number of benzene rings is 1.